The maximum Gasteiger partial charge on any atom is 0.213 e. The van der Waals surface area contributed by atoms with E-state index in [2.05, 4.69) is 4.98 Å². The van der Waals surface area contributed by atoms with Crippen molar-refractivity contribution < 1.29 is 9.47 Å². The topological polar surface area (TPSA) is 31.4 Å². The van der Waals surface area contributed by atoms with Crippen LogP contribution in [0.25, 0.3) is 0 Å². The lowest BCUT2D eigenvalue weighted by Crippen LogP contribution is -1.95. The first-order valence-corrected chi connectivity index (χ1v) is 4.08. The molecule has 0 unspecified atom stereocenters. The molecule has 0 bridgehead atoms. The van der Waals surface area contributed by atoms with Gasteiger partial charge in [-0.05, 0) is 19.9 Å². The van der Waals surface area contributed by atoms with Gasteiger partial charge in [-0.2, -0.15) is 0 Å². The maximum absolute atomic E-state index is 5.22. The number of aromatic nitrogens is 1. The van der Waals surface area contributed by atoms with Crippen molar-refractivity contribution in [1.29, 1.82) is 0 Å². The first-order valence-electron chi connectivity index (χ1n) is 4.08. The molecule has 1 aromatic rings. The van der Waals surface area contributed by atoms with Gasteiger partial charge < -0.3 is 9.47 Å². The van der Waals surface area contributed by atoms with Gasteiger partial charge in [0.15, 0.2) is 0 Å². The smallest absolute Gasteiger partial charge is 0.213 e. The fourth-order valence-electron chi connectivity index (χ4n) is 0.852. The predicted molar refractivity (Wildman–Crippen MR) is 46.6 cm³/mol. The third-order valence-corrected chi connectivity index (χ3v) is 1.31. The molecular weight excluding hydrogens is 154 g/mol. The van der Waals surface area contributed by atoms with Gasteiger partial charge in [-0.15, -0.1) is 0 Å². The molecule has 0 aliphatic carbocycles. The molecule has 0 aliphatic heterocycles. The zero-order valence-electron chi connectivity index (χ0n) is 7.41. The third-order valence-electron chi connectivity index (χ3n) is 1.31. The average Bonchev–Trinajstić information content (AvgIpc) is 2.09. The van der Waals surface area contributed by atoms with Crippen LogP contribution in [0.3, 0.4) is 0 Å². The van der Waals surface area contributed by atoms with E-state index in [0.29, 0.717) is 19.1 Å². The van der Waals surface area contributed by atoms with Crippen LogP contribution in [-0.4, -0.2) is 18.2 Å². The second-order valence-electron chi connectivity index (χ2n) is 2.20. The maximum atomic E-state index is 5.22. The van der Waals surface area contributed by atoms with Crippen LogP contribution in [0.4, 0.5) is 0 Å². The fraction of sp³-hybridized carbons (Fsp3) is 0.444. The molecule has 66 valence electrons. The molecular formula is C9H13NO2. The van der Waals surface area contributed by atoms with E-state index < -0.39 is 0 Å². The molecule has 3 nitrogen and oxygen atoms in total. The molecule has 0 aromatic carbocycles. The highest BCUT2D eigenvalue weighted by Crippen LogP contribution is 2.13. The SMILES string of the molecule is CCOc1ccc(OCC)nc1. The van der Waals surface area contributed by atoms with Gasteiger partial charge in [0.25, 0.3) is 0 Å². The number of hydrogen-bond donors (Lipinski definition) is 0. The summed E-state index contributed by atoms with van der Waals surface area (Å²) in [6.07, 6.45) is 1.66. The zero-order valence-corrected chi connectivity index (χ0v) is 7.41. The standard InChI is InChI=1S/C9H13NO2/c1-3-11-8-5-6-9(10-7-8)12-4-2/h5-7H,3-4H2,1-2H3. The van der Waals surface area contributed by atoms with Crippen molar-refractivity contribution in [2.75, 3.05) is 13.2 Å². The summed E-state index contributed by atoms with van der Waals surface area (Å²) in [6.45, 7) is 5.17. The van der Waals surface area contributed by atoms with E-state index in [1.54, 1.807) is 12.3 Å². The van der Waals surface area contributed by atoms with Gasteiger partial charge in [0, 0.05) is 6.07 Å². The van der Waals surface area contributed by atoms with Gasteiger partial charge >= 0.3 is 0 Å². The Hall–Kier alpha value is -1.25. The lowest BCUT2D eigenvalue weighted by atomic mass is 10.4. The number of nitrogens with zero attached hydrogens (tertiary/aromatic N) is 1. The Labute approximate surface area is 72.3 Å². The van der Waals surface area contributed by atoms with Gasteiger partial charge in [-0.1, -0.05) is 0 Å². The molecule has 12 heavy (non-hydrogen) atoms. The van der Waals surface area contributed by atoms with Crippen LogP contribution in [0.15, 0.2) is 18.3 Å². The predicted octanol–water partition coefficient (Wildman–Crippen LogP) is 1.88. The Morgan fingerprint density at radius 3 is 2.42 bits per heavy atom. The van der Waals surface area contributed by atoms with E-state index in [1.165, 1.54) is 0 Å². The van der Waals surface area contributed by atoms with Crippen molar-refractivity contribution in [3.8, 4) is 11.6 Å². The van der Waals surface area contributed by atoms with E-state index in [0.717, 1.165) is 5.75 Å². The van der Waals surface area contributed by atoms with Crippen molar-refractivity contribution in [2.24, 2.45) is 0 Å². The summed E-state index contributed by atoms with van der Waals surface area (Å²) >= 11 is 0. The summed E-state index contributed by atoms with van der Waals surface area (Å²) < 4.78 is 10.4. The minimum absolute atomic E-state index is 0.640. The Bertz CT molecular complexity index is 195. The number of pyridine rings is 1. The van der Waals surface area contributed by atoms with Gasteiger partial charge in [0.1, 0.15) is 5.75 Å². The third kappa shape index (κ3) is 2.42. The van der Waals surface area contributed by atoms with Gasteiger partial charge in [0.05, 0.1) is 19.4 Å². The summed E-state index contributed by atoms with van der Waals surface area (Å²) in [5.74, 6) is 1.42. The zero-order chi connectivity index (χ0) is 8.81. The summed E-state index contributed by atoms with van der Waals surface area (Å²) in [7, 11) is 0. The first-order chi connectivity index (χ1) is 5.86. The second-order valence-corrected chi connectivity index (χ2v) is 2.20. The molecule has 3 heteroatoms. The van der Waals surface area contributed by atoms with Crippen LogP contribution >= 0.6 is 0 Å². The molecule has 0 saturated heterocycles. The highest BCUT2D eigenvalue weighted by atomic mass is 16.5. The van der Waals surface area contributed by atoms with Gasteiger partial charge in [0.2, 0.25) is 5.88 Å². The Balaban J connectivity index is 2.58. The summed E-state index contributed by atoms with van der Waals surface area (Å²) in [4.78, 5) is 4.04. The molecule has 0 aliphatic rings. The fourth-order valence-corrected chi connectivity index (χ4v) is 0.852. The monoisotopic (exact) mass is 167 g/mol. The normalized spacial score (nSPS) is 9.50. The molecule has 1 rings (SSSR count). The van der Waals surface area contributed by atoms with E-state index in [9.17, 15) is 0 Å². The Kier molecular flexibility index (Phi) is 3.38. The van der Waals surface area contributed by atoms with Crippen molar-refractivity contribution in [3.63, 3.8) is 0 Å². The van der Waals surface area contributed by atoms with E-state index >= 15 is 0 Å². The van der Waals surface area contributed by atoms with Crippen molar-refractivity contribution in [2.45, 2.75) is 13.8 Å². The number of ether oxygens (including phenoxy) is 2. The Morgan fingerprint density at radius 2 is 1.92 bits per heavy atom. The molecule has 1 heterocycles. The van der Waals surface area contributed by atoms with Crippen molar-refractivity contribution >= 4 is 0 Å². The molecule has 0 atom stereocenters. The quantitative estimate of drug-likeness (QED) is 0.686. The highest BCUT2D eigenvalue weighted by Gasteiger charge is 1.94. The van der Waals surface area contributed by atoms with Crippen LogP contribution in [0.2, 0.25) is 0 Å². The molecule has 1 aromatic heterocycles. The van der Waals surface area contributed by atoms with Crippen molar-refractivity contribution in [3.05, 3.63) is 18.3 Å². The molecule has 0 amide bonds. The van der Waals surface area contributed by atoms with E-state index in [-0.39, 0.29) is 0 Å². The molecule has 0 N–H and O–H groups in total. The second kappa shape index (κ2) is 4.59. The lowest BCUT2D eigenvalue weighted by Gasteiger charge is -2.03. The van der Waals surface area contributed by atoms with Crippen LogP contribution < -0.4 is 9.47 Å². The van der Waals surface area contributed by atoms with Crippen LogP contribution in [0.5, 0.6) is 11.6 Å². The summed E-state index contributed by atoms with van der Waals surface area (Å²) in [6, 6.07) is 3.65. The van der Waals surface area contributed by atoms with Crippen molar-refractivity contribution in [1.82, 2.24) is 4.98 Å². The van der Waals surface area contributed by atoms with Gasteiger partial charge in [-0.25, -0.2) is 4.98 Å². The highest BCUT2D eigenvalue weighted by molar-refractivity contribution is 5.22. The first kappa shape index (κ1) is 8.84. The number of rotatable bonds is 4. The molecule has 0 radical (unpaired) electrons. The number of hydrogen-bond acceptors (Lipinski definition) is 3. The largest absolute Gasteiger partial charge is 0.492 e. The summed E-state index contributed by atoms with van der Waals surface area (Å²) in [5.41, 5.74) is 0. The van der Waals surface area contributed by atoms with Crippen LogP contribution in [0.1, 0.15) is 13.8 Å². The van der Waals surface area contributed by atoms with E-state index in [1.807, 2.05) is 19.9 Å². The molecule has 0 spiro atoms. The Morgan fingerprint density at radius 1 is 1.17 bits per heavy atom. The molecule has 0 saturated carbocycles. The van der Waals surface area contributed by atoms with Crippen LogP contribution in [-0.2, 0) is 0 Å². The average molecular weight is 167 g/mol. The lowest BCUT2D eigenvalue weighted by molar-refractivity contribution is 0.318. The summed E-state index contributed by atoms with van der Waals surface area (Å²) in [5, 5.41) is 0. The minimum Gasteiger partial charge on any atom is -0.492 e. The van der Waals surface area contributed by atoms with Gasteiger partial charge in [-0.3, -0.25) is 0 Å². The van der Waals surface area contributed by atoms with Crippen LogP contribution in [0, 0.1) is 0 Å². The van der Waals surface area contributed by atoms with E-state index in [4.69, 9.17) is 9.47 Å². The minimum atomic E-state index is 0.640. The molecule has 0 fully saturated rings.